The van der Waals surface area contributed by atoms with Crippen molar-refractivity contribution in [3.8, 4) is 0 Å². The maximum Gasteiger partial charge on any atom is 0.436 e. The molecule has 0 aromatic rings. The van der Waals surface area contributed by atoms with Gasteiger partial charge in [0.15, 0.2) is 0 Å². The largest absolute Gasteiger partial charge is 0.436 e. The van der Waals surface area contributed by atoms with Crippen LogP contribution in [0.15, 0.2) is 0 Å². The van der Waals surface area contributed by atoms with E-state index in [1.807, 2.05) is 4.89 Å². The Morgan fingerprint density at radius 2 is 0.846 bits per heavy atom. The summed E-state index contributed by atoms with van der Waals surface area (Å²) >= 11 is 0. The van der Waals surface area contributed by atoms with Crippen molar-refractivity contribution in [1.29, 1.82) is 0 Å². The Bertz CT molecular complexity index is 557. The van der Waals surface area contributed by atoms with E-state index < -0.39 is 7.75 Å². The third kappa shape index (κ3) is 15.7. The molecule has 2 heterocycles. The van der Waals surface area contributed by atoms with Gasteiger partial charge < -0.3 is 9.47 Å². The standard InChI is InChI=1S/C30H62N3O5P/c1-3-5-7-9-11-13-15-17-19-25-37-39(34,38-26-20-18-16-14-12-10-8-6-4-2)33(31-21-27-35-28-22-31)32-23-29-36-30-24-32/h3-30H2,1-2H3. The lowest BCUT2D eigenvalue weighted by Gasteiger charge is -2.46. The van der Waals surface area contributed by atoms with Crippen LogP contribution in [0.3, 0.4) is 0 Å². The summed E-state index contributed by atoms with van der Waals surface area (Å²) in [6.45, 7) is 10.7. The number of morpholine rings is 2. The minimum atomic E-state index is -3.54. The Labute approximate surface area is 241 Å². The normalized spacial score (nSPS) is 17.8. The molecular formula is C30H62N3O5P. The quantitative estimate of drug-likeness (QED) is 0.0802. The fourth-order valence-corrected chi connectivity index (χ4v) is 7.26. The maximum absolute atomic E-state index is 14.5. The van der Waals surface area contributed by atoms with Crippen LogP contribution >= 0.6 is 7.75 Å². The van der Waals surface area contributed by atoms with Crippen molar-refractivity contribution >= 4 is 7.75 Å². The number of rotatable bonds is 25. The van der Waals surface area contributed by atoms with Crippen LogP contribution in [-0.2, 0) is 23.1 Å². The number of hydrogen-bond acceptors (Lipinski definition) is 7. The van der Waals surface area contributed by atoms with E-state index in [0.717, 1.165) is 25.7 Å². The van der Waals surface area contributed by atoms with Gasteiger partial charge in [0.1, 0.15) is 0 Å². The van der Waals surface area contributed by atoms with Crippen LogP contribution in [0.4, 0.5) is 0 Å². The van der Waals surface area contributed by atoms with E-state index in [-0.39, 0.29) is 0 Å². The van der Waals surface area contributed by atoms with E-state index >= 15 is 0 Å². The smallest absolute Gasteiger partial charge is 0.379 e. The second-order valence-corrected chi connectivity index (χ2v) is 13.0. The zero-order valence-corrected chi connectivity index (χ0v) is 26.5. The zero-order chi connectivity index (χ0) is 27.9. The van der Waals surface area contributed by atoms with E-state index in [9.17, 15) is 4.57 Å². The molecule has 0 aromatic carbocycles. The van der Waals surface area contributed by atoms with Crippen molar-refractivity contribution < 1.29 is 23.1 Å². The van der Waals surface area contributed by atoms with Gasteiger partial charge in [-0.25, -0.2) is 14.6 Å². The number of hydrazine groups is 2. The molecule has 0 saturated carbocycles. The molecule has 0 unspecified atom stereocenters. The third-order valence-corrected chi connectivity index (χ3v) is 9.67. The van der Waals surface area contributed by atoms with Gasteiger partial charge in [-0.15, -0.1) is 0 Å². The molecular weight excluding hydrogens is 513 g/mol. The Morgan fingerprint density at radius 3 is 1.18 bits per heavy atom. The van der Waals surface area contributed by atoms with Crippen molar-refractivity contribution in [2.45, 2.75) is 129 Å². The summed E-state index contributed by atoms with van der Waals surface area (Å²) in [5.41, 5.74) is 0. The van der Waals surface area contributed by atoms with Crippen LogP contribution in [0.5, 0.6) is 0 Å². The molecule has 0 aliphatic carbocycles. The number of ether oxygens (including phenoxy) is 2. The highest BCUT2D eigenvalue weighted by molar-refractivity contribution is 7.51. The van der Waals surface area contributed by atoms with Crippen LogP contribution in [0.25, 0.3) is 0 Å². The predicted octanol–water partition coefficient (Wildman–Crippen LogP) is 7.99. The lowest BCUT2D eigenvalue weighted by molar-refractivity contribution is -0.184. The van der Waals surface area contributed by atoms with Gasteiger partial charge in [-0.3, -0.25) is 9.05 Å². The molecule has 8 nitrogen and oxygen atoms in total. The second-order valence-electron chi connectivity index (χ2n) is 11.2. The second kappa shape index (κ2) is 23.5. The van der Waals surface area contributed by atoms with Gasteiger partial charge >= 0.3 is 7.75 Å². The molecule has 2 rings (SSSR count). The minimum Gasteiger partial charge on any atom is -0.379 e. The summed E-state index contributed by atoms with van der Waals surface area (Å²) in [6.07, 6.45) is 22.4. The van der Waals surface area contributed by atoms with Crippen LogP contribution in [0, 0.1) is 0 Å². The summed E-state index contributed by atoms with van der Waals surface area (Å²) in [4.78, 5) is 1.85. The molecule has 2 aliphatic heterocycles. The molecule has 2 saturated heterocycles. The molecule has 9 heteroatoms. The molecule has 0 radical (unpaired) electrons. The first kappa shape index (κ1) is 35.1. The molecule has 0 atom stereocenters. The fourth-order valence-electron chi connectivity index (χ4n) is 5.28. The highest BCUT2D eigenvalue weighted by atomic mass is 31.2. The van der Waals surface area contributed by atoms with Crippen LogP contribution < -0.4 is 0 Å². The van der Waals surface area contributed by atoms with Gasteiger partial charge in [0.2, 0.25) is 0 Å². The lowest BCUT2D eigenvalue weighted by atomic mass is 10.1. The van der Waals surface area contributed by atoms with Crippen molar-refractivity contribution in [3.63, 3.8) is 0 Å². The predicted molar refractivity (Wildman–Crippen MR) is 161 cm³/mol. The Hall–Kier alpha value is -0.0500. The Balaban J connectivity index is 1.85. The van der Waals surface area contributed by atoms with Gasteiger partial charge in [0.05, 0.1) is 39.6 Å². The zero-order valence-electron chi connectivity index (χ0n) is 25.6. The summed E-state index contributed by atoms with van der Waals surface area (Å²) in [7, 11) is -3.54. The molecule has 232 valence electrons. The molecule has 2 fully saturated rings. The monoisotopic (exact) mass is 575 g/mol. The van der Waals surface area contributed by atoms with Gasteiger partial charge in [0, 0.05) is 26.2 Å². The SMILES string of the molecule is CCCCCCCCCCCOP(=O)(OCCCCCCCCCCC)N(N1CCOCC1)N1CCOCC1. The van der Waals surface area contributed by atoms with E-state index in [1.54, 1.807) is 0 Å². The van der Waals surface area contributed by atoms with E-state index in [4.69, 9.17) is 18.5 Å². The van der Waals surface area contributed by atoms with Crippen LogP contribution in [0.1, 0.15) is 129 Å². The topological polar surface area (TPSA) is 63.7 Å². The lowest BCUT2D eigenvalue weighted by Crippen LogP contribution is -2.57. The molecule has 0 amide bonds. The number of unbranched alkanes of at least 4 members (excludes halogenated alkanes) is 16. The first-order chi connectivity index (χ1) is 19.2. The summed E-state index contributed by atoms with van der Waals surface area (Å²) in [5, 5.41) is 4.23. The Morgan fingerprint density at radius 1 is 0.538 bits per heavy atom. The summed E-state index contributed by atoms with van der Waals surface area (Å²) in [5.74, 6) is 0. The summed E-state index contributed by atoms with van der Waals surface area (Å²) < 4.78 is 38.2. The molecule has 39 heavy (non-hydrogen) atoms. The molecule has 0 aromatic heterocycles. The molecule has 0 N–H and O–H groups in total. The minimum absolute atomic E-state index is 0.468. The highest BCUT2D eigenvalue weighted by Gasteiger charge is 2.43. The van der Waals surface area contributed by atoms with Crippen LogP contribution in [-0.4, -0.2) is 80.7 Å². The average molecular weight is 576 g/mol. The van der Waals surface area contributed by atoms with Gasteiger partial charge in [-0.05, 0) is 12.8 Å². The molecule has 0 spiro atoms. The van der Waals surface area contributed by atoms with Crippen molar-refractivity contribution in [2.75, 3.05) is 65.8 Å². The molecule has 2 aliphatic rings. The highest BCUT2D eigenvalue weighted by Crippen LogP contribution is 2.54. The Kier molecular flexibility index (Phi) is 21.2. The van der Waals surface area contributed by atoms with Crippen molar-refractivity contribution in [2.24, 2.45) is 0 Å². The van der Waals surface area contributed by atoms with Gasteiger partial charge in [-0.1, -0.05) is 121 Å². The van der Waals surface area contributed by atoms with Crippen molar-refractivity contribution in [1.82, 2.24) is 14.9 Å². The maximum atomic E-state index is 14.5. The average Bonchev–Trinajstić information content (AvgIpc) is 2.96. The third-order valence-electron chi connectivity index (χ3n) is 7.70. The van der Waals surface area contributed by atoms with Crippen LogP contribution in [0.2, 0.25) is 0 Å². The summed E-state index contributed by atoms with van der Waals surface area (Å²) in [6, 6.07) is 0. The van der Waals surface area contributed by atoms with Gasteiger partial charge in [-0.2, -0.15) is 0 Å². The first-order valence-electron chi connectivity index (χ1n) is 16.6. The molecule has 0 bridgehead atoms. The number of nitrogens with zero attached hydrogens (tertiary/aromatic N) is 3. The van der Waals surface area contributed by atoms with Gasteiger partial charge in [0.25, 0.3) is 0 Å². The van der Waals surface area contributed by atoms with E-state index in [1.165, 1.54) is 89.9 Å². The van der Waals surface area contributed by atoms with Crippen molar-refractivity contribution in [3.05, 3.63) is 0 Å². The van der Waals surface area contributed by atoms with E-state index in [0.29, 0.717) is 65.8 Å². The number of hydrogen-bond donors (Lipinski definition) is 0. The first-order valence-corrected chi connectivity index (χ1v) is 18.1. The van der Waals surface area contributed by atoms with E-state index in [2.05, 4.69) is 23.9 Å². The fraction of sp³-hybridized carbons (Fsp3) is 1.00.